The van der Waals surface area contributed by atoms with Gasteiger partial charge in [-0.25, -0.2) is 4.68 Å². The Labute approximate surface area is 137 Å². The molecule has 2 heterocycles. The van der Waals surface area contributed by atoms with Gasteiger partial charge in [0.1, 0.15) is 11.5 Å². The molecule has 0 fully saturated rings. The Morgan fingerprint density at radius 2 is 1.96 bits per heavy atom. The predicted octanol–water partition coefficient (Wildman–Crippen LogP) is 2.53. The lowest BCUT2D eigenvalue weighted by molar-refractivity contribution is -0.137. The molecule has 7 heteroatoms. The highest BCUT2D eigenvalue weighted by molar-refractivity contribution is 5.92. The Bertz CT molecular complexity index is 954. The van der Waals surface area contributed by atoms with Gasteiger partial charge in [-0.2, -0.15) is 5.10 Å². The zero-order chi connectivity index (χ0) is 17.3. The zero-order valence-corrected chi connectivity index (χ0v) is 13.4. The van der Waals surface area contributed by atoms with Crippen LogP contribution in [0.15, 0.2) is 33.6 Å². The SMILES string of the molecule is Cc1ccc(-c2nn(CCCC(=O)O)c(=O)c3noc(C)c23)cc1. The van der Waals surface area contributed by atoms with Crippen molar-refractivity contribution in [2.24, 2.45) is 0 Å². The van der Waals surface area contributed by atoms with Crippen LogP contribution in [0.4, 0.5) is 0 Å². The third-order valence-electron chi connectivity index (χ3n) is 3.84. The Balaban J connectivity index is 2.14. The average molecular weight is 327 g/mol. The minimum absolute atomic E-state index is 0.0239. The topological polar surface area (TPSA) is 98.2 Å². The summed E-state index contributed by atoms with van der Waals surface area (Å²) in [5.74, 6) is -0.372. The van der Waals surface area contributed by atoms with E-state index in [-0.39, 0.29) is 24.0 Å². The Morgan fingerprint density at radius 3 is 2.62 bits per heavy atom. The number of nitrogens with zero attached hydrogens (tertiary/aromatic N) is 3. The number of carboxylic acid groups (broad SMARTS) is 1. The summed E-state index contributed by atoms with van der Waals surface area (Å²) in [5.41, 5.74) is 2.42. The van der Waals surface area contributed by atoms with Crippen molar-refractivity contribution in [1.29, 1.82) is 0 Å². The summed E-state index contributed by atoms with van der Waals surface area (Å²) in [5, 5.41) is 17.7. The van der Waals surface area contributed by atoms with E-state index in [0.717, 1.165) is 11.1 Å². The van der Waals surface area contributed by atoms with E-state index in [9.17, 15) is 9.59 Å². The molecule has 24 heavy (non-hydrogen) atoms. The lowest BCUT2D eigenvalue weighted by Gasteiger charge is -2.08. The molecule has 124 valence electrons. The van der Waals surface area contributed by atoms with Crippen molar-refractivity contribution in [3.63, 3.8) is 0 Å². The third kappa shape index (κ3) is 2.92. The van der Waals surface area contributed by atoms with E-state index in [4.69, 9.17) is 9.63 Å². The van der Waals surface area contributed by atoms with E-state index in [1.807, 2.05) is 31.2 Å². The second-order valence-corrected chi connectivity index (χ2v) is 5.70. The van der Waals surface area contributed by atoms with Crippen molar-refractivity contribution < 1.29 is 14.4 Å². The maximum Gasteiger partial charge on any atom is 0.303 e. The van der Waals surface area contributed by atoms with Crippen molar-refractivity contribution in [3.05, 3.63) is 45.9 Å². The van der Waals surface area contributed by atoms with Gasteiger partial charge in [0.05, 0.1) is 5.39 Å². The molecular weight excluding hydrogens is 310 g/mol. The van der Waals surface area contributed by atoms with Gasteiger partial charge in [0.25, 0.3) is 5.56 Å². The number of aryl methyl sites for hydroxylation is 3. The first-order chi connectivity index (χ1) is 11.5. The Morgan fingerprint density at radius 1 is 1.25 bits per heavy atom. The molecule has 2 aromatic heterocycles. The number of rotatable bonds is 5. The van der Waals surface area contributed by atoms with Gasteiger partial charge in [-0.1, -0.05) is 35.0 Å². The molecule has 0 amide bonds. The molecule has 3 rings (SSSR count). The monoisotopic (exact) mass is 327 g/mol. The van der Waals surface area contributed by atoms with Crippen LogP contribution in [0.1, 0.15) is 24.2 Å². The summed E-state index contributed by atoms with van der Waals surface area (Å²) in [7, 11) is 0. The summed E-state index contributed by atoms with van der Waals surface area (Å²) < 4.78 is 6.45. The highest BCUT2D eigenvalue weighted by atomic mass is 16.5. The Kier molecular flexibility index (Phi) is 4.16. The van der Waals surface area contributed by atoms with E-state index in [1.165, 1.54) is 4.68 Å². The van der Waals surface area contributed by atoms with Crippen molar-refractivity contribution in [2.75, 3.05) is 0 Å². The summed E-state index contributed by atoms with van der Waals surface area (Å²) in [6, 6.07) is 7.78. The van der Waals surface area contributed by atoms with E-state index in [2.05, 4.69) is 10.3 Å². The minimum Gasteiger partial charge on any atom is -0.481 e. The van der Waals surface area contributed by atoms with Crippen LogP contribution in [-0.4, -0.2) is 26.0 Å². The second-order valence-electron chi connectivity index (χ2n) is 5.70. The number of aliphatic carboxylic acids is 1. The quantitative estimate of drug-likeness (QED) is 0.773. The van der Waals surface area contributed by atoms with Gasteiger partial charge in [-0.15, -0.1) is 0 Å². The summed E-state index contributed by atoms with van der Waals surface area (Å²) in [6.45, 7) is 3.94. The number of hydrogen-bond donors (Lipinski definition) is 1. The van der Waals surface area contributed by atoms with Crippen LogP contribution < -0.4 is 5.56 Å². The molecule has 0 saturated carbocycles. The van der Waals surface area contributed by atoms with Gasteiger partial charge < -0.3 is 9.63 Å². The maximum absolute atomic E-state index is 12.5. The molecule has 0 radical (unpaired) electrons. The highest BCUT2D eigenvalue weighted by Gasteiger charge is 2.18. The van der Waals surface area contributed by atoms with Crippen LogP contribution in [0.3, 0.4) is 0 Å². The molecular formula is C17H17N3O4. The van der Waals surface area contributed by atoms with Gasteiger partial charge in [0.15, 0.2) is 5.52 Å². The molecule has 0 atom stereocenters. The summed E-state index contributed by atoms with van der Waals surface area (Å²) in [6.07, 6.45) is 0.293. The number of benzene rings is 1. The molecule has 0 saturated heterocycles. The van der Waals surface area contributed by atoms with Crippen molar-refractivity contribution in [2.45, 2.75) is 33.2 Å². The first-order valence-corrected chi connectivity index (χ1v) is 7.63. The van der Waals surface area contributed by atoms with E-state index >= 15 is 0 Å². The lowest BCUT2D eigenvalue weighted by atomic mass is 10.1. The minimum atomic E-state index is -0.903. The van der Waals surface area contributed by atoms with E-state index in [1.54, 1.807) is 6.92 Å². The molecule has 0 aliphatic carbocycles. The third-order valence-corrected chi connectivity index (χ3v) is 3.84. The van der Waals surface area contributed by atoms with Crippen LogP contribution >= 0.6 is 0 Å². The largest absolute Gasteiger partial charge is 0.481 e. The summed E-state index contributed by atoms with van der Waals surface area (Å²) >= 11 is 0. The fourth-order valence-electron chi connectivity index (χ4n) is 2.58. The Hall–Kier alpha value is -2.96. The van der Waals surface area contributed by atoms with Crippen LogP contribution in [0.25, 0.3) is 22.2 Å². The predicted molar refractivity (Wildman–Crippen MR) is 87.8 cm³/mol. The second kappa shape index (κ2) is 6.27. The van der Waals surface area contributed by atoms with Crippen molar-refractivity contribution >= 4 is 16.9 Å². The van der Waals surface area contributed by atoms with Gasteiger partial charge in [0, 0.05) is 18.5 Å². The molecule has 0 bridgehead atoms. The normalized spacial score (nSPS) is 11.1. The van der Waals surface area contributed by atoms with Crippen LogP contribution in [0.5, 0.6) is 0 Å². The molecule has 7 nitrogen and oxygen atoms in total. The molecule has 0 unspecified atom stereocenters. The average Bonchev–Trinajstić information content (AvgIpc) is 2.93. The van der Waals surface area contributed by atoms with Gasteiger partial charge in [-0.05, 0) is 20.3 Å². The number of hydrogen-bond acceptors (Lipinski definition) is 5. The van der Waals surface area contributed by atoms with E-state index in [0.29, 0.717) is 23.3 Å². The van der Waals surface area contributed by atoms with Gasteiger partial charge in [0.2, 0.25) is 0 Å². The number of aromatic nitrogens is 3. The molecule has 0 aliphatic heterocycles. The number of carboxylic acids is 1. The molecule has 0 aliphatic rings. The molecule has 1 N–H and O–H groups in total. The first-order valence-electron chi connectivity index (χ1n) is 7.63. The van der Waals surface area contributed by atoms with Gasteiger partial charge >= 0.3 is 5.97 Å². The van der Waals surface area contributed by atoms with Crippen LogP contribution in [-0.2, 0) is 11.3 Å². The van der Waals surface area contributed by atoms with Crippen LogP contribution in [0.2, 0.25) is 0 Å². The van der Waals surface area contributed by atoms with Crippen molar-refractivity contribution in [1.82, 2.24) is 14.9 Å². The fraction of sp³-hybridized carbons (Fsp3) is 0.294. The highest BCUT2D eigenvalue weighted by Crippen LogP contribution is 2.27. The first kappa shape index (κ1) is 15.9. The smallest absolute Gasteiger partial charge is 0.303 e. The lowest BCUT2D eigenvalue weighted by Crippen LogP contribution is -2.24. The molecule has 1 aromatic carbocycles. The van der Waals surface area contributed by atoms with Crippen LogP contribution in [0, 0.1) is 13.8 Å². The van der Waals surface area contributed by atoms with Crippen molar-refractivity contribution in [3.8, 4) is 11.3 Å². The molecule has 0 spiro atoms. The summed E-state index contributed by atoms with van der Waals surface area (Å²) in [4.78, 5) is 23.2. The standard InChI is InChI=1S/C17H17N3O4/c1-10-5-7-12(8-6-10)15-14-11(2)24-19-16(14)17(23)20(18-15)9-3-4-13(21)22/h5-8H,3-4,9H2,1-2H3,(H,21,22). The fourth-order valence-corrected chi connectivity index (χ4v) is 2.58. The zero-order valence-electron chi connectivity index (χ0n) is 13.4. The maximum atomic E-state index is 12.5. The number of carbonyl (C=O) groups is 1. The molecule has 3 aromatic rings. The number of fused-ring (bicyclic) bond motifs is 1. The van der Waals surface area contributed by atoms with Gasteiger partial charge in [-0.3, -0.25) is 9.59 Å². The van der Waals surface area contributed by atoms with E-state index < -0.39 is 5.97 Å².